The van der Waals surface area contributed by atoms with Crippen LogP contribution >= 0.6 is 0 Å². The molecule has 0 atom stereocenters. The highest BCUT2D eigenvalue weighted by Crippen LogP contribution is 2.23. The Morgan fingerprint density at radius 3 is 2.62 bits per heavy atom. The van der Waals surface area contributed by atoms with Crippen LogP contribution in [0.5, 0.6) is 0 Å². The van der Waals surface area contributed by atoms with Crippen molar-refractivity contribution in [3.05, 3.63) is 29.2 Å². The molecule has 0 radical (unpaired) electrons. The first kappa shape index (κ1) is 14.7. The highest BCUT2D eigenvalue weighted by atomic mass is 35.5. The summed E-state index contributed by atoms with van der Waals surface area (Å²) in [5.41, 5.74) is 1.50. The molecule has 0 bridgehead atoms. The molecular formula is C12H18ClN3. The molecule has 1 aromatic carbocycles. The van der Waals surface area contributed by atoms with Crippen molar-refractivity contribution in [3.63, 3.8) is 0 Å². The van der Waals surface area contributed by atoms with Gasteiger partial charge in [-0.05, 0) is 12.5 Å². The molecule has 0 saturated carbocycles. The minimum Gasteiger partial charge on any atom is -1.00 e. The average molecular weight is 240 g/mol. The van der Waals surface area contributed by atoms with Crippen LogP contribution in [0, 0.1) is 5.39 Å². The number of unbranched alkanes of at least 4 members (excludes halogenated alkanes) is 3. The number of hydrogen-bond acceptors (Lipinski definition) is 2. The fourth-order valence-corrected chi connectivity index (χ4v) is 1.49. The van der Waals surface area contributed by atoms with Crippen LogP contribution in [-0.2, 0) is 0 Å². The van der Waals surface area contributed by atoms with Gasteiger partial charge in [0.1, 0.15) is 5.69 Å². The van der Waals surface area contributed by atoms with Gasteiger partial charge < -0.3 is 17.7 Å². The number of anilines is 1. The zero-order valence-electron chi connectivity index (χ0n) is 9.62. The Balaban J connectivity index is 0.00000225. The van der Waals surface area contributed by atoms with Crippen molar-refractivity contribution >= 4 is 11.4 Å². The fourth-order valence-electron chi connectivity index (χ4n) is 1.49. The van der Waals surface area contributed by atoms with E-state index in [1.54, 1.807) is 6.07 Å². The standard InChI is InChI=1S/C12H18N3.ClH/c1-2-3-4-7-10-14-11-8-5-6-9-12(11)15-13;/h5-6,8-9,14H,2-4,7,10H2,1H3;1H/q+1;/p-1. The smallest absolute Gasteiger partial charge is 0.407 e. The number of para-hydroxylation sites is 1. The van der Waals surface area contributed by atoms with Crippen molar-refractivity contribution in [2.45, 2.75) is 32.6 Å². The number of nitrogens with one attached hydrogen (secondary N) is 1. The number of hydrogen-bond donors (Lipinski definition) is 1. The van der Waals surface area contributed by atoms with Gasteiger partial charge in [-0.25, -0.2) is 0 Å². The first-order valence-electron chi connectivity index (χ1n) is 5.56. The Hall–Kier alpha value is -1.27. The van der Waals surface area contributed by atoms with E-state index < -0.39 is 0 Å². The highest BCUT2D eigenvalue weighted by molar-refractivity contribution is 5.68. The van der Waals surface area contributed by atoms with Gasteiger partial charge in [0.15, 0.2) is 4.98 Å². The SMILES string of the molecule is CCCCCCNc1ccccc1[N+]#N.[Cl-]. The summed E-state index contributed by atoms with van der Waals surface area (Å²) in [5, 5.41) is 12.0. The summed E-state index contributed by atoms with van der Waals surface area (Å²) in [6.45, 7) is 3.14. The van der Waals surface area contributed by atoms with Crippen LogP contribution in [0.3, 0.4) is 0 Å². The molecule has 0 aliphatic heterocycles. The van der Waals surface area contributed by atoms with E-state index in [0.29, 0.717) is 5.69 Å². The molecule has 0 spiro atoms. The summed E-state index contributed by atoms with van der Waals surface area (Å²) in [7, 11) is 0. The molecule has 0 fully saturated rings. The van der Waals surface area contributed by atoms with E-state index in [9.17, 15) is 0 Å². The van der Waals surface area contributed by atoms with Gasteiger partial charge in [-0.2, -0.15) is 0 Å². The van der Waals surface area contributed by atoms with Gasteiger partial charge in [0.2, 0.25) is 5.39 Å². The van der Waals surface area contributed by atoms with Gasteiger partial charge in [0, 0.05) is 12.6 Å². The Bertz CT molecular complexity index is 333. The minimum atomic E-state index is 0. The lowest BCUT2D eigenvalue weighted by Crippen LogP contribution is -3.00. The summed E-state index contributed by atoms with van der Waals surface area (Å²) >= 11 is 0. The largest absolute Gasteiger partial charge is 1.00 e. The lowest BCUT2D eigenvalue weighted by atomic mass is 10.2. The maximum absolute atomic E-state index is 8.74. The van der Waals surface area contributed by atoms with Crippen molar-refractivity contribution in [2.24, 2.45) is 0 Å². The first-order valence-corrected chi connectivity index (χ1v) is 5.56. The van der Waals surface area contributed by atoms with Crippen LogP contribution in [0.4, 0.5) is 11.4 Å². The summed E-state index contributed by atoms with van der Waals surface area (Å²) in [4.78, 5) is 3.22. The molecule has 1 aromatic rings. The first-order chi connectivity index (χ1) is 7.38. The van der Waals surface area contributed by atoms with E-state index in [2.05, 4.69) is 17.2 Å². The van der Waals surface area contributed by atoms with E-state index in [1.165, 1.54) is 19.3 Å². The van der Waals surface area contributed by atoms with Crippen LogP contribution in [-0.4, -0.2) is 6.54 Å². The van der Waals surface area contributed by atoms with Gasteiger partial charge >= 0.3 is 5.69 Å². The number of rotatable bonds is 6. The summed E-state index contributed by atoms with van der Waals surface area (Å²) in [6.07, 6.45) is 4.95. The molecule has 0 aromatic heterocycles. The molecule has 1 rings (SSSR count). The minimum absolute atomic E-state index is 0. The Morgan fingerprint density at radius 1 is 1.19 bits per heavy atom. The van der Waals surface area contributed by atoms with Gasteiger partial charge in [0.25, 0.3) is 0 Å². The molecule has 0 saturated heterocycles. The molecule has 3 nitrogen and oxygen atoms in total. The highest BCUT2D eigenvalue weighted by Gasteiger charge is 2.10. The predicted octanol–water partition coefficient (Wildman–Crippen LogP) is 1.17. The normalized spacial score (nSPS) is 9.00. The van der Waals surface area contributed by atoms with Crippen LogP contribution in [0.15, 0.2) is 24.3 Å². The molecule has 0 aliphatic carbocycles. The van der Waals surface area contributed by atoms with Gasteiger partial charge in [0.05, 0.1) is 0 Å². The fraction of sp³-hybridized carbons (Fsp3) is 0.500. The maximum Gasteiger partial charge on any atom is 0.407 e. The van der Waals surface area contributed by atoms with E-state index in [-0.39, 0.29) is 12.4 Å². The summed E-state index contributed by atoms with van der Waals surface area (Å²) in [6, 6.07) is 7.50. The van der Waals surface area contributed by atoms with Crippen molar-refractivity contribution in [1.29, 1.82) is 5.39 Å². The van der Waals surface area contributed by atoms with Crippen molar-refractivity contribution < 1.29 is 12.4 Å². The van der Waals surface area contributed by atoms with Crippen molar-refractivity contribution in [3.8, 4) is 0 Å². The number of diazo groups is 1. The Kier molecular flexibility index (Phi) is 8.28. The third-order valence-corrected chi connectivity index (χ3v) is 2.36. The van der Waals surface area contributed by atoms with E-state index in [1.807, 2.05) is 18.2 Å². The quantitative estimate of drug-likeness (QED) is 0.598. The monoisotopic (exact) mass is 239 g/mol. The molecular weight excluding hydrogens is 222 g/mol. The van der Waals surface area contributed by atoms with E-state index >= 15 is 0 Å². The lowest BCUT2D eigenvalue weighted by Gasteiger charge is -2.03. The van der Waals surface area contributed by atoms with Crippen LogP contribution in [0.25, 0.3) is 4.98 Å². The van der Waals surface area contributed by atoms with E-state index in [0.717, 1.165) is 18.7 Å². The Labute approximate surface area is 103 Å². The average Bonchev–Trinajstić information content (AvgIpc) is 2.29. The van der Waals surface area contributed by atoms with Crippen molar-refractivity contribution in [1.82, 2.24) is 0 Å². The second-order valence-electron chi connectivity index (χ2n) is 3.60. The molecule has 4 heteroatoms. The van der Waals surface area contributed by atoms with E-state index in [4.69, 9.17) is 5.39 Å². The van der Waals surface area contributed by atoms with Crippen LogP contribution in [0.2, 0.25) is 0 Å². The maximum atomic E-state index is 8.74. The van der Waals surface area contributed by atoms with Gasteiger partial charge in [-0.1, -0.05) is 38.3 Å². The number of halogens is 1. The van der Waals surface area contributed by atoms with Gasteiger partial charge in [-0.3, -0.25) is 0 Å². The zero-order valence-corrected chi connectivity index (χ0v) is 10.4. The molecule has 0 heterocycles. The molecule has 88 valence electrons. The lowest BCUT2D eigenvalue weighted by molar-refractivity contribution is -0.00000339. The van der Waals surface area contributed by atoms with Gasteiger partial charge in [-0.15, -0.1) is 0 Å². The second kappa shape index (κ2) is 8.99. The summed E-state index contributed by atoms with van der Waals surface area (Å²) < 4.78 is 0. The Morgan fingerprint density at radius 2 is 1.94 bits per heavy atom. The molecule has 16 heavy (non-hydrogen) atoms. The topological polar surface area (TPSA) is 40.2 Å². The molecule has 1 N–H and O–H groups in total. The van der Waals surface area contributed by atoms with Crippen LogP contribution in [0.1, 0.15) is 32.6 Å². The number of benzene rings is 1. The van der Waals surface area contributed by atoms with Crippen molar-refractivity contribution in [2.75, 3.05) is 11.9 Å². The second-order valence-corrected chi connectivity index (χ2v) is 3.60. The molecule has 0 amide bonds. The molecule has 0 unspecified atom stereocenters. The van der Waals surface area contributed by atoms with Crippen LogP contribution < -0.4 is 17.7 Å². The zero-order chi connectivity index (χ0) is 10.9. The number of nitrogens with zero attached hydrogens (tertiary/aromatic N) is 2. The third-order valence-electron chi connectivity index (χ3n) is 2.36. The summed E-state index contributed by atoms with van der Waals surface area (Å²) in [5.74, 6) is 0. The predicted molar refractivity (Wildman–Crippen MR) is 63.8 cm³/mol. The third kappa shape index (κ3) is 4.99. The molecule has 0 aliphatic rings.